The van der Waals surface area contributed by atoms with Gasteiger partial charge in [0.25, 0.3) is 5.91 Å². The van der Waals surface area contributed by atoms with Crippen LogP contribution >= 0.6 is 0 Å². The molecule has 2 fully saturated rings. The number of benzene rings is 1. The number of carbonyl (C=O) groups excluding carboxylic acids is 2. The Morgan fingerprint density at radius 3 is 2.33 bits per heavy atom. The van der Waals surface area contributed by atoms with Crippen LogP contribution in [0.3, 0.4) is 0 Å². The fourth-order valence-corrected chi connectivity index (χ4v) is 4.11. The largest absolute Gasteiger partial charge is 0.439 e. The van der Waals surface area contributed by atoms with Crippen LogP contribution < -0.4 is 0 Å². The normalized spacial score (nSPS) is 20.8. The maximum Gasteiger partial charge on any atom is 0.417 e. The van der Waals surface area contributed by atoms with Crippen molar-refractivity contribution in [1.82, 2.24) is 9.21 Å². The molecule has 2 saturated heterocycles. The molecule has 3 rings (SSSR count). The first-order valence-electron chi connectivity index (χ1n) is 7.69. The maximum atomic E-state index is 12.4. The first kappa shape index (κ1) is 16.7. The second-order valence-corrected chi connectivity index (χ2v) is 7.53. The summed E-state index contributed by atoms with van der Waals surface area (Å²) in [6, 6.07) is 8.89. The zero-order valence-corrected chi connectivity index (χ0v) is 13.8. The number of amides is 2. The van der Waals surface area contributed by atoms with Crippen LogP contribution in [0.2, 0.25) is 0 Å². The summed E-state index contributed by atoms with van der Waals surface area (Å²) in [5.41, 5.74) is 0.807. The summed E-state index contributed by atoms with van der Waals surface area (Å²) in [7, 11) is -3.52. The van der Waals surface area contributed by atoms with Crippen molar-refractivity contribution >= 4 is 28.1 Å². The highest BCUT2D eigenvalue weighted by atomic mass is 32.2. The van der Waals surface area contributed by atoms with Gasteiger partial charge in [-0.1, -0.05) is 30.3 Å². The third-order valence-electron chi connectivity index (χ3n) is 4.17. The van der Waals surface area contributed by atoms with Crippen LogP contribution in [-0.4, -0.2) is 55.4 Å². The zero-order chi connectivity index (χ0) is 17.2. The lowest BCUT2D eigenvalue weighted by Gasteiger charge is -2.33. The van der Waals surface area contributed by atoms with Crippen LogP contribution in [0, 0.1) is 0 Å². The van der Waals surface area contributed by atoms with Crippen molar-refractivity contribution in [1.29, 1.82) is 0 Å². The third-order valence-corrected chi connectivity index (χ3v) is 5.73. The van der Waals surface area contributed by atoms with Gasteiger partial charge in [0.1, 0.15) is 0 Å². The number of nitrogens with zero attached hydrogens (tertiary/aromatic N) is 2. The molecule has 0 bridgehead atoms. The van der Waals surface area contributed by atoms with E-state index in [-0.39, 0.29) is 31.6 Å². The first-order chi connectivity index (χ1) is 11.5. The van der Waals surface area contributed by atoms with E-state index in [9.17, 15) is 18.0 Å². The van der Waals surface area contributed by atoms with Crippen molar-refractivity contribution in [2.24, 2.45) is 0 Å². The van der Waals surface area contributed by atoms with Gasteiger partial charge in [0.2, 0.25) is 10.0 Å². The standard InChI is InChI=1S/C16H18N2O5S/c19-15-12-23-16(20)18(15)14-6-9-17(10-7-14)24(21,22)11-8-13-4-2-1-3-5-13/h1-5,8,11,14H,6-7,9-10,12H2/b11-8+. The molecule has 2 aliphatic rings. The van der Waals surface area contributed by atoms with Crippen molar-refractivity contribution in [3.63, 3.8) is 0 Å². The van der Waals surface area contributed by atoms with Crippen LogP contribution in [0.5, 0.6) is 0 Å². The molecule has 0 radical (unpaired) electrons. The molecular weight excluding hydrogens is 332 g/mol. The molecule has 1 aromatic carbocycles. The number of hydrogen-bond donors (Lipinski definition) is 0. The fourth-order valence-electron chi connectivity index (χ4n) is 2.89. The van der Waals surface area contributed by atoms with Gasteiger partial charge in [0, 0.05) is 24.5 Å². The Morgan fingerprint density at radius 2 is 1.75 bits per heavy atom. The van der Waals surface area contributed by atoms with Crippen molar-refractivity contribution in [2.45, 2.75) is 18.9 Å². The van der Waals surface area contributed by atoms with Crippen molar-refractivity contribution in [3.05, 3.63) is 41.3 Å². The molecule has 0 unspecified atom stereocenters. The van der Waals surface area contributed by atoms with Gasteiger partial charge in [-0.15, -0.1) is 0 Å². The Kier molecular flexibility index (Phi) is 4.68. The van der Waals surface area contributed by atoms with E-state index < -0.39 is 16.1 Å². The number of cyclic esters (lactones) is 1. The Labute approximate surface area is 140 Å². The van der Waals surface area contributed by atoms with Crippen LogP contribution in [0.25, 0.3) is 6.08 Å². The first-order valence-corrected chi connectivity index (χ1v) is 9.20. The highest BCUT2D eigenvalue weighted by molar-refractivity contribution is 7.92. The summed E-state index contributed by atoms with van der Waals surface area (Å²) < 4.78 is 30.8. The second-order valence-electron chi connectivity index (χ2n) is 5.71. The van der Waals surface area contributed by atoms with Gasteiger partial charge in [-0.3, -0.25) is 4.79 Å². The molecule has 2 aliphatic heterocycles. The minimum Gasteiger partial charge on any atom is -0.439 e. The molecule has 0 atom stereocenters. The molecular formula is C16H18N2O5S. The number of sulfonamides is 1. The second kappa shape index (κ2) is 6.74. The smallest absolute Gasteiger partial charge is 0.417 e. The molecule has 2 amide bonds. The van der Waals surface area contributed by atoms with Crippen LogP contribution in [0.4, 0.5) is 4.79 Å². The average molecular weight is 350 g/mol. The molecule has 1 aromatic rings. The Morgan fingerprint density at radius 1 is 1.08 bits per heavy atom. The van der Waals surface area contributed by atoms with E-state index in [4.69, 9.17) is 4.74 Å². The quantitative estimate of drug-likeness (QED) is 0.820. The minimum atomic E-state index is -3.52. The summed E-state index contributed by atoms with van der Waals surface area (Å²) in [6.07, 6.45) is 1.76. The molecule has 0 aromatic heterocycles. The summed E-state index contributed by atoms with van der Waals surface area (Å²) in [4.78, 5) is 24.3. The van der Waals surface area contributed by atoms with Crippen LogP contribution in [-0.2, 0) is 19.6 Å². The van der Waals surface area contributed by atoms with E-state index in [2.05, 4.69) is 0 Å². The Hall–Kier alpha value is -2.19. The average Bonchev–Trinajstić information content (AvgIpc) is 2.93. The summed E-state index contributed by atoms with van der Waals surface area (Å²) in [6.45, 7) is 0.309. The number of ether oxygens (including phenoxy) is 1. The lowest BCUT2D eigenvalue weighted by Crippen LogP contribution is -2.48. The number of imide groups is 1. The Balaban J connectivity index is 1.62. The lowest BCUT2D eigenvalue weighted by molar-refractivity contribution is -0.127. The van der Waals surface area contributed by atoms with Crippen molar-refractivity contribution < 1.29 is 22.7 Å². The van der Waals surface area contributed by atoms with E-state index in [0.717, 1.165) is 10.5 Å². The molecule has 2 heterocycles. The molecule has 8 heteroatoms. The summed E-state index contributed by atoms with van der Waals surface area (Å²) >= 11 is 0. The molecule has 0 N–H and O–H groups in total. The third kappa shape index (κ3) is 3.49. The number of carbonyl (C=O) groups is 2. The van der Waals surface area contributed by atoms with Gasteiger partial charge in [0.15, 0.2) is 6.61 Å². The molecule has 24 heavy (non-hydrogen) atoms. The topological polar surface area (TPSA) is 84.0 Å². The molecule has 0 aliphatic carbocycles. The van der Waals surface area contributed by atoms with Crippen LogP contribution in [0.1, 0.15) is 18.4 Å². The Bertz CT molecular complexity index is 736. The van der Waals surface area contributed by atoms with E-state index in [1.165, 1.54) is 9.71 Å². The van der Waals surface area contributed by atoms with E-state index in [0.29, 0.717) is 12.8 Å². The molecule has 7 nitrogen and oxygen atoms in total. The van der Waals surface area contributed by atoms with E-state index in [1.54, 1.807) is 6.08 Å². The van der Waals surface area contributed by atoms with Crippen molar-refractivity contribution in [2.75, 3.05) is 19.7 Å². The minimum absolute atomic E-state index is 0.225. The van der Waals surface area contributed by atoms with Crippen molar-refractivity contribution in [3.8, 4) is 0 Å². The summed E-state index contributed by atoms with van der Waals surface area (Å²) in [5.74, 6) is -0.356. The molecule has 0 spiro atoms. The molecule has 0 saturated carbocycles. The number of hydrogen-bond acceptors (Lipinski definition) is 5. The van der Waals surface area contributed by atoms with Gasteiger partial charge in [0.05, 0.1) is 0 Å². The van der Waals surface area contributed by atoms with Gasteiger partial charge < -0.3 is 4.74 Å². The highest BCUT2D eigenvalue weighted by Gasteiger charge is 2.39. The highest BCUT2D eigenvalue weighted by Crippen LogP contribution is 2.23. The predicted molar refractivity (Wildman–Crippen MR) is 87.2 cm³/mol. The van der Waals surface area contributed by atoms with E-state index in [1.807, 2.05) is 30.3 Å². The number of rotatable bonds is 4. The predicted octanol–water partition coefficient (Wildman–Crippen LogP) is 1.43. The van der Waals surface area contributed by atoms with Gasteiger partial charge in [-0.25, -0.2) is 18.1 Å². The summed E-state index contributed by atoms with van der Waals surface area (Å²) in [5, 5.41) is 1.19. The maximum absolute atomic E-state index is 12.4. The van der Waals surface area contributed by atoms with Crippen LogP contribution in [0.15, 0.2) is 35.7 Å². The van der Waals surface area contributed by atoms with Gasteiger partial charge in [-0.2, -0.15) is 4.31 Å². The van der Waals surface area contributed by atoms with E-state index >= 15 is 0 Å². The van der Waals surface area contributed by atoms with Gasteiger partial charge in [-0.05, 0) is 24.5 Å². The fraction of sp³-hybridized carbons (Fsp3) is 0.375. The monoisotopic (exact) mass is 350 g/mol. The molecule has 128 valence electrons. The lowest BCUT2D eigenvalue weighted by atomic mass is 10.1. The SMILES string of the molecule is O=C1COC(=O)N1C1CCN(S(=O)(=O)/C=C/c2ccccc2)CC1. The number of piperidine rings is 1. The van der Waals surface area contributed by atoms with Gasteiger partial charge >= 0.3 is 6.09 Å². The zero-order valence-electron chi connectivity index (χ0n) is 13.0.